The molecule has 4 rings (SSSR count). The smallest absolute Gasteiger partial charge is 0.272 e. The second-order valence-corrected chi connectivity index (χ2v) is 8.64. The lowest BCUT2D eigenvalue weighted by molar-refractivity contribution is 0.0955. The van der Waals surface area contributed by atoms with Gasteiger partial charge in [-0.1, -0.05) is 41.9 Å². The molecule has 0 aliphatic carbocycles. The van der Waals surface area contributed by atoms with Crippen molar-refractivity contribution in [1.29, 1.82) is 0 Å². The van der Waals surface area contributed by atoms with E-state index in [-0.39, 0.29) is 0 Å². The first-order valence-electron chi connectivity index (χ1n) is 11.7. The van der Waals surface area contributed by atoms with Gasteiger partial charge < -0.3 is 14.0 Å². The van der Waals surface area contributed by atoms with Crippen molar-refractivity contribution in [3.05, 3.63) is 112 Å². The van der Waals surface area contributed by atoms with Crippen LogP contribution in [0.15, 0.2) is 84.0 Å². The van der Waals surface area contributed by atoms with Crippen molar-refractivity contribution in [2.45, 2.75) is 27.4 Å². The van der Waals surface area contributed by atoms with Gasteiger partial charge in [-0.25, -0.2) is 5.43 Å². The second-order valence-electron chi connectivity index (χ2n) is 8.23. The van der Waals surface area contributed by atoms with Crippen LogP contribution in [0.4, 0.5) is 0 Å². The van der Waals surface area contributed by atoms with Crippen LogP contribution in [0.25, 0.3) is 5.69 Å². The molecule has 1 amide bonds. The number of nitrogens with zero attached hydrogens (tertiary/aromatic N) is 2. The van der Waals surface area contributed by atoms with Gasteiger partial charge in [0.2, 0.25) is 0 Å². The Morgan fingerprint density at radius 1 is 0.944 bits per heavy atom. The molecule has 0 spiro atoms. The molecule has 4 aromatic rings. The van der Waals surface area contributed by atoms with Crippen LogP contribution in [0, 0.1) is 13.8 Å². The molecule has 1 aromatic heterocycles. The summed E-state index contributed by atoms with van der Waals surface area (Å²) in [5, 5.41) is 4.45. The van der Waals surface area contributed by atoms with Gasteiger partial charge in [-0.3, -0.25) is 4.79 Å². The quantitative estimate of drug-likeness (QED) is 0.210. The molecule has 0 bridgehead atoms. The first kappa shape index (κ1) is 25.1. The summed E-state index contributed by atoms with van der Waals surface area (Å²) in [7, 11) is 0. The van der Waals surface area contributed by atoms with Gasteiger partial charge in [-0.2, -0.15) is 5.10 Å². The monoisotopic (exact) mass is 501 g/mol. The third-order valence-corrected chi connectivity index (χ3v) is 5.92. The lowest BCUT2D eigenvalue weighted by Gasteiger charge is -2.12. The first-order chi connectivity index (χ1) is 17.5. The number of rotatable bonds is 9. The summed E-state index contributed by atoms with van der Waals surface area (Å²) in [6, 6.07) is 24.9. The third-order valence-electron chi connectivity index (χ3n) is 5.61. The Bertz CT molecular complexity index is 1360. The van der Waals surface area contributed by atoms with Gasteiger partial charge in [0.1, 0.15) is 6.61 Å². The van der Waals surface area contributed by atoms with Crippen LogP contribution >= 0.6 is 11.6 Å². The maximum Gasteiger partial charge on any atom is 0.272 e. The first-order valence-corrected chi connectivity index (χ1v) is 12.1. The number of hydrogen-bond donors (Lipinski definition) is 1. The largest absolute Gasteiger partial charge is 0.490 e. The highest BCUT2D eigenvalue weighted by molar-refractivity contribution is 6.34. The summed E-state index contributed by atoms with van der Waals surface area (Å²) >= 11 is 6.43. The topological polar surface area (TPSA) is 64.8 Å². The Kier molecular flexibility index (Phi) is 8.08. The zero-order valence-electron chi connectivity index (χ0n) is 20.5. The van der Waals surface area contributed by atoms with Crippen molar-refractivity contribution in [3.63, 3.8) is 0 Å². The van der Waals surface area contributed by atoms with Gasteiger partial charge in [-0.05, 0) is 80.4 Å². The minimum atomic E-state index is -0.392. The summed E-state index contributed by atoms with van der Waals surface area (Å²) in [5.41, 5.74) is 7.80. The predicted octanol–water partition coefficient (Wildman–Crippen LogP) is 6.49. The van der Waals surface area contributed by atoms with E-state index >= 15 is 0 Å². The zero-order valence-corrected chi connectivity index (χ0v) is 21.3. The Morgan fingerprint density at radius 2 is 1.69 bits per heavy atom. The van der Waals surface area contributed by atoms with Gasteiger partial charge in [0, 0.05) is 17.1 Å². The third kappa shape index (κ3) is 5.96. The predicted molar refractivity (Wildman–Crippen MR) is 144 cm³/mol. The standard InChI is InChI=1S/C29H28ClN3O3/c1-4-35-28-16-23(12-15-27(28)36-19-22-8-6-5-7-9-22)18-31-32-29(34)25-14-13-24(17-26(25)30)33-20(2)10-11-21(33)3/h5-18H,4,19H2,1-3H3,(H,32,34)/b31-18-. The SMILES string of the molecule is CCOc1cc(/C=N\NC(=O)c2ccc(-n3c(C)ccc3C)cc2Cl)ccc1OCc1ccccc1. The molecular weight excluding hydrogens is 474 g/mol. The minimum Gasteiger partial charge on any atom is -0.490 e. The summed E-state index contributed by atoms with van der Waals surface area (Å²) < 4.78 is 13.8. The molecule has 6 nitrogen and oxygen atoms in total. The van der Waals surface area contributed by atoms with Crippen LogP contribution in [0.2, 0.25) is 5.02 Å². The number of nitrogens with one attached hydrogen (secondary N) is 1. The summed E-state index contributed by atoms with van der Waals surface area (Å²) in [6.45, 7) is 6.89. The van der Waals surface area contributed by atoms with Crippen LogP contribution < -0.4 is 14.9 Å². The molecule has 7 heteroatoms. The van der Waals surface area contributed by atoms with E-state index < -0.39 is 5.91 Å². The molecule has 0 saturated carbocycles. The van der Waals surface area contributed by atoms with Crippen molar-refractivity contribution in [2.24, 2.45) is 5.10 Å². The van der Waals surface area contributed by atoms with Gasteiger partial charge in [-0.15, -0.1) is 0 Å². The molecule has 0 atom stereocenters. The van der Waals surface area contributed by atoms with Crippen molar-refractivity contribution < 1.29 is 14.3 Å². The average molecular weight is 502 g/mol. The van der Waals surface area contributed by atoms with E-state index in [4.69, 9.17) is 21.1 Å². The van der Waals surface area contributed by atoms with Crippen LogP contribution in [0.1, 0.15) is 39.8 Å². The number of carbonyl (C=O) groups excluding carboxylic acids is 1. The molecule has 1 N–H and O–H groups in total. The molecule has 0 saturated heterocycles. The number of benzene rings is 3. The number of carbonyl (C=O) groups is 1. The van der Waals surface area contributed by atoms with Crippen molar-refractivity contribution in [1.82, 2.24) is 9.99 Å². The highest BCUT2D eigenvalue weighted by atomic mass is 35.5. The molecular formula is C29H28ClN3O3. The Labute approximate surface area is 216 Å². The van der Waals surface area contributed by atoms with E-state index in [9.17, 15) is 4.79 Å². The maximum absolute atomic E-state index is 12.7. The fraction of sp³-hybridized carbons (Fsp3) is 0.172. The number of aromatic nitrogens is 1. The fourth-order valence-electron chi connectivity index (χ4n) is 3.86. The van der Waals surface area contributed by atoms with Gasteiger partial charge in [0.25, 0.3) is 5.91 Å². The molecule has 3 aromatic carbocycles. The average Bonchev–Trinajstić information content (AvgIpc) is 3.21. The Morgan fingerprint density at radius 3 is 2.39 bits per heavy atom. The number of hydrogen-bond acceptors (Lipinski definition) is 4. The lowest BCUT2D eigenvalue weighted by Crippen LogP contribution is -2.18. The molecule has 184 valence electrons. The number of amides is 1. The molecule has 36 heavy (non-hydrogen) atoms. The molecule has 1 heterocycles. The van der Waals surface area contributed by atoms with Gasteiger partial charge >= 0.3 is 0 Å². The number of aryl methyl sites for hydroxylation is 2. The van der Waals surface area contributed by atoms with Crippen LogP contribution in [-0.2, 0) is 6.61 Å². The highest BCUT2D eigenvalue weighted by Gasteiger charge is 2.13. The van der Waals surface area contributed by atoms with Gasteiger partial charge in [0.05, 0.1) is 23.4 Å². The minimum absolute atomic E-state index is 0.347. The maximum atomic E-state index is 12.7. The van der Waals surface area contributed by atoms with E-state index in [1.165, 1.54) is 0 Å². The molecule has 0 aliphatic heterocycles. The molecule has 0 unspecified atom stereocenters. The molecule has 0 fully saturated rings. The van der Waals surface area contributed by atoms with E-state index in [0.717, 1.165) is 28.2 Å². The van der Waals surface area contributed by atoms with Crippen LogP contribution in [-0.4, -0.2) is 23.3 Å². The fourth-order valence-corrected chi connectivity index (χ4v) is 4.12. The van der Waals surface area contributed by atoms with E-state index in [1.54, 1.807) is 18.3 Å². The summed E-state index contributed by atoms with van der Waals surface area (Å²) in [6.07, 6.45) is 1.55. The Hall–Kier alpha value is -4.03. The second kappa shape index (κ2) is 11.6. The molecule has 0 radical (unpaired) electrons. The normalized spacial score (nSPS) is 11.0. The van der Waals surface area contributed by atoms with Crippen molar-refractivity contribution in [2.75, 3.05) is 6.61 Å². The van der Waals surface area contributed by atoms with E-state index in [1.807, 2.05) is 87.5 Å². The highest BCUT2D eigenvalue weighted by Crippen LogP contribution is 2.29. The van der Waals surface area contributed by atoms with Crippen LogP contribution in [0.5, 0.6) is 11.5 Å². The number of hydrazone groups is 1. The number of halogens is 1. The van der Waals surface area contributed by atoms with Crippen molar-refractivity contribution >= 4 is 23.7 Å². The lowest BCUT2D eigenvalue weighted by atomic mass is 10.2. The number of ether oxygens (including phenoxy) is 2. The van der Waals surface area contributed by atoms with Crippen molar-refractivity contribution in [3.8, 4) is 17.2 Å². The zero-order chi connectivity index (χ0) is 25.5. The van der Waals surface area contributed by atoms with E-state index in [2.05, 4.69) is 15.1 Å². The molecule has 0 aliphatic rings. The van der Waals surface area contributed by atoms with Gasteiger partial charge in [0.15, 0.2) is 11.5 Å². The van der Waals surface area contributed by atoms with Crippen LogP contribution in [0.3, 0.4) is 0 Å². The summed E-state index contributed by atoms with van der Waals surface area (Å²) in [5.74, 6) is 0.858. The van der Waals surface area contributed by atoms with E-state index in [0.29, 0.717) is 35.3 Å². The Balaban J connectivity index is 1.42. The summed E-state index contributed by atoms with van der Waals surface area (Å²) in [4.78, 5) is 12.7.